The number of rotatable bonds is 12. The summed E-state index contributed by atoms with van der Waals surface area (Å²) >= 11 is 0. The molecule has 0 aliphatic carbocycles. The van der Waals surface area contributed by atoms with Crippen molar-refractivity contribution in [3.8, 4) is 0 Å². The molecule has 0 radical (unpaired) electrons. The summed E-state index contributed by atoms with van der Waals surface area (Å²) in [5, 5.41) is 5.32. The van der Waals surface area contributed by atoms with Gasteiger partial charge in [-0.3, -0.25) is 24.0 Å². The Balaban J connectivity index is 2.88. The molecule has 1 fully saturated rings. The summed E-state index contributed by atoms with van der Waals surface area (Å²) in [5.74, 6) is -3.25. The van der Waals surface area contributed by atoms with Gasteiger partial charge in [0.1, 0.15) is 0 Å². The highest BCUT2D eigenvalue weighted by atomic mass is 16.5. The summed E-state index contributed by atoms with van der Waals surface area (Å²) < 4.78 is 5.35. The van der Waals surface area contributed by atoms with Crippen molar-refractivity contribution in [2.24, 2.45) is 29.1 Å². The topological polar surface area (TPSA) is 119 Å². The zero-order valence-corrected chi connectivity index (χ0v) is 21.3. The van der Waals surface area contributed by atoms with Crippen LogP contribution in [-0.4, -0.2) is 48.5 Å². The summed E-state index contributed by atoms with van der Waals surface area (Å²) in [5.41, 5.74) is -0.173. The van der Waals surface area contributed by atoms with E-state index in [1.165, 1.54) is 0 Å². The molecule has 8 heteroatoms. The molecule has 1 aliphatic heterocycles. The van der Waals surface area contributed by atoms with Gasteiger partial charge in [0.15, 0.2) is 5.78 Å². The summed E-state index contributed by atoms with van der Waals surface area (Å²) in [4.78, 5) is 62.3. The van der Waals surface area contributed by atoms with Crippen molar-refractivity contribution < 1.29 is 28.7 Å². The van der Waals surface area contributed by atoms with Gasteiger partial charge in [0.25, 0.3) is 5.91 Å². The summed E-state index contributed by atoms with van der Waals surface area (Å²) in [6, 6.07) is -0.768. The highest BCUT2D eigenvalue weighted by Gasteiger charge is 2.34. The molecule has 8 nitrogen and oxygen atoms in total. The summed E-state index contributed by atoms with van der Waals surface area (Å²) in [6.45, 7) is 14.3. The number of ketones is 2. The van der Waals surface area contributed by atoms with Crippen LogP contribution in [0.25, 0.3) is 0 Å². The second-order valence-electron chi connectivity index (χ2n) is 11.2. The molecular weight excluding hydrogens is 424 g/mol. The van der Waals surface area contributed by atoms with E-state index in [1.807, 2.05) is 48.5 Å². The Morgan fingerprint density at radius 1 is 1.06 bits per heavy atom. The molecular formula is C25H42N2O6. The maximum atomic E-state index is 13.1. The molecule has 1 rings (SSSR count). The van der Waals surface area contributed by atoms with E-state index in [9.17, 15) is 24.0 Å². The quantitative estimate of drug-likeness (QED) is 0.337. The van der Waals surface area contributed by atoms with Crippen LogP contribution in [0.3, 0.4) is 0 Å². The zero-order chi connectivity index (χ0) is 25.3. The van der Waals surface area contributed by atoms with Gasteiger partial charge in [0, 0.05) is 24.8 Å². The molecule has 2 N–H and O–H groups in total. The summed E-state index contributed by atoms with van der Waals surface area (Å²) in [7, 11) is 0. The van der Waals surface area contributed by atoms with Crippen molar-refractivity contribution in [1.82, 2.24) is 10.6 Å². The molecule has 2 amide bonds. The van der Waals surface area contributed by atoms with E-state index in [4.69, 9.17) is 4.74 Å². The first-order chi connectivity index (χ1) is 15.2. The minimum Gasteiger partial charge on any atom is -0.465 e. The van der Waals surface area contributed by atoms with E-state index in [-0.39, 0.29) is 48.4 Å². The minimum absolute atomic E-state index is 0.0516. The first-order valence-electron chi connectivity index (χ1n) is 12.0. The van der Waals surface area contributed by atoms with Crippen molar-refractivity contribution >= 4 is 29.4 Å². The average Bonchev–Trinajstić information content (AvgIpc) is 2.67. The van der Waals surface area contributed by atoms with Crippen molar-refractivity contribution in [3.05, 3.63) is 0 Å². The smallest absolute Gasteiger partial charge is 0.306 e. The molecule has 0 aromatic heterocycles. The monoisotopic (exact) mass is 466 g/mol. The van der Waals surface area contributed by atoms with Crippen LogP contribution in [0.5, 0.6) is 0 Å². The molecule has 1 heterocycles. The molecule has 0 aromatic rings. The maximum absolute atomic E-state index is 13.1. The lowest BCUT2D eigenvalue weighted by Crippen LogP contribution is -2.48. The van der Waals surface area contributed by atoms with Gasteiger partial charge in [-0.2, -0.15) is 0 Å². The van der Waals surface area contributed by atoms with Gasteiger partial charge in [-0.15, -0.1) is 0 Å². The predicted octanol–water partition coefficient (Wildman–Crippen LogP) is 2.82. The number of amides is 2. The molecule has 33 heavy (non-hydrogen) atoms. The van der Waals surface area contributed by atoms with Gasteiger partial charge in [0.2, 0.25) is 11.7 Å². The zero-order valence-electron chi connectivity index (χ0n) is 21.3. The van der Waals surface area contributed by atoms with Crippen molar-refractivity contribution in [2.45, 2.75) is 86.6 Å². The van der Waals surface area contributed by atoms with Crippen molar-refractivity contribution in [3.63, 3.8) is 0 Å². The minimum atomic E-state index is -0.768. The Bertz CT molecular complexity index is 723. The van der Waals surface area contributed by atoms with Crippen LogP contribution < -0.4 is 10.6 Å². The van der Waals surface area contributed by atoms with Gasteiger partial charge in [-0.05, 0) is 36.5 Å². The molecule has 0 bridgehead atoms. The van der Waals surface area contributed by atoms with E-state index >= 15 is 0 Å². The lowest BCUT2D eigenvalue weighted by atomic mass is 9.86. The highest BCUT2D eigenvalue weighted by Crippen LogP contribution is 2.21. The third-order valence-electron chi connectivity index (χ3n) is 5.44. The third kappa shape index (κ3) is 10.9. The molecule has 0 aromatic carbocycles. The second-order valence-corrected chi connectivity index (χ2v) is 11.2. The normalized spacial score (nSPS) is 18.6. The van der Waals surface area contributed by atoms with Crippen LogP contribution in [0.1, 0.15) is 80.6 Å². The Hall–Kier alpha value is -2.25. The standard InChI is InChI=1S/C25H42N2O6/c1-15(2)10-18(13-21(29)33-14-25(5,6)7)23(31)27-19(11-16(3)4)20(28)12-17-8-9-26-24(32)22(17)30/h15-19H,8-14H2,1-7H3,(H,26,32)(H,27,31). The number of hydrogen-bond donors (Lipinski definition) is 2. The number of esters is 1. The van der Waals surface area contributed by atoms with Gasteiger partial charge in [-0.25, -0.2) is 0 Å². The molecule has 3 atom stereocenters. The van der Waals surface area contributed by atoms with Gasteiger partial charge >= 0.3 is 5.97 Å². The van der Waals surface area contributed by atoms with E-state index in [0.29, 0.717) is 25.8 Å². The fraction of sp³-hybridized carbons (Fsp3) is 0.800. The van der Waals surface area contributed by atoms with E-state index in [0.717, 1.165) is 0 Å². The van der Waals surface area contributed by atoms with Crippen molar-refractivity contribution in [2.75, 3.05) is 13.2 Å². The Morgan fingerprint density at radius 2 is 1.67 bits per heavy atom. The lowest BCUT2D eigenvalue weighted by Gasteiger charge is -2.26. The molecule has 1 aliphatic rings. The Labute approximate surface area is 198 Å². The lowest BCUT2D eigenvalue weighted by molar-refractivity contribution is -0.149. The van der Waals surface area contributed by atoms with Crippen LogP contribution in [0.15, 0.2) is 0 Å². The van der Waals surface area contributed by atoms with Gasteiger partial charge < -0.3 is 15.4 Å². The third-order valence-corrected chi connectivity index (χ3v) is 5.44. The van der Waals surface area contributed by atoms with Gasteiger partial charge in [0.05, 0.1) is 19.1 Å². The SMILES string of the molecule is CC(C)CC(CC(=O)OCC(C)(C)C)C(=O)NC(CC(C)C)C(=O)CC1CCNC(=O)C1=O. The first-order valence-corrected chi connectivity index (χ1v) is 12.0. The number of carbonyl (C=O) groups is 5. The molecule has 3 unspecified atom stereocenters. The van der Waals surface area contributed by atoms with Crippen LogP contribution in [0, 0.1) is 29.1 Å². The van der Waals surface area contributed by atoms with Crippen LogP contribution in [0.4, 0.5) is 0 Å². The Kier molecular flexibility index (Phi) is 11.2. The number of nitrogens with one attached hydrogen (secondary N) is 2. The Morgan fingerprint density at radius 3 is 2.21 bits per heavy atom. The molecule has 188 valence electrons. The number of piperidine rings is 1. The fourth-order valence-corrected chi connectivity index (χ4v) is 3.78. The molecule has 1 saturated heterocycles. The van der Waals surface area contributed by atoms with Crippen LogP contribution >= 0.6 is 0 Å². The van der Waals surface area contributed by atoms with E-state index in [1.54, 1.807) is 0 Å². The number of Topliss-reactive ketones (excluding diaryl/α,β-unsaturated/α-hetero) is 2. The predicted molar refractivity (Wildman–Crippen MR) is 125 cm³/mol. The summed E-state index contributed by atoms with van der Waals surface area (Å²) in [6.07, 6.45) is 1.19. The maximum Gasteiger partial charge on any atom is 0.306 e. The van der Waals surface area contributed by atoms with Crippen LogP contribution in [-0.2, 0) is 28.7 Å². The fourth-order valence-electron chi connectivity index (χ4n) is 3.78. The first kappa shape index (κ1) is 28.8. The average molecular weight is 467 g/mol. The van der Waals surface area contributed by atoms with Gasteiger partial charge in [-0.1, -0.05) is 48.5 Å². The second kappa shape index (κ2) is 12.8. The van der Waals surface area contributed by atoms with Crippen molar-refractivity contribution in [1.29, 1.82) is 0 Å². The molecule has 0 spiro atoms. The largest absolute Gasteiger partial charge is 0.465 e. The van der Waals surface area contributed by atoms with E-state index in [2.05, 4.69) is 10.6 Å². The number of ether oxygens (including phenoxy) is 1. The molecule has 0 saturated carbocycles. The highest BCUT2D eigenvalue weighted by molar-refractivity contribution is 6.37. The van der Waals surface area contributed by atoms with E-state index < -0.39 is 35.5 Å². The number of hydrogen-bond acceptors (Lipinski definition) is 6. The number of carbonyl (C=O) groups excluding carboxylic acids is 5. The van der Waals surface area contributed by atoms with Crippen LogP contribution in [0.2, 0.25) is 0 Å².